The maximum atomic E-state index is 5.24. The van der Waals surface area contributed by atoms with Gasteiger partial charge in [-0.05, 0) is 80.9 Å². The zero-order valence-electron chi connectivity index (χ0n) is 20.9. The molecule has 0 aliphatic heterocycles. The highest BCUT2D eigenvalue weighted by Crippen LogP contribution is 2.52. The smallest absolute Gasteiger partial charge is 0.106 e. The van der Waals surface area contributed by atoms with Gasteiger partial charge in [0.2, 0.25) is 0 Å². The van der Waals surface area contributed by atoms with Crippen LogP contribution in [0.1, 0.15) is 44.1 Å². The Kier molecular flexibility index (Phi) is 5.10. The minimum atomic E-state index is 0.146. The van der Waals surface area contributed by atoms with Crippen LogP contribution in [0.25, 0.3) is 42.7 Å². The Bertz CT molecular complexity index is 1980. The van der Waals surface area contributed by atoms with Gasteiger partial charge >= 0.3 is 0 Å². The number of benzene rings is 5. The van der Waals surface area contributed by atoms with E-state index in [0.29, 0.717) is 0 Å². The summed E-state index contributed by atoms with van der Waals surface area (Å²) in [5.74, 6) is 0.292. The Morgan fingerprint density at radius 2 is 0.900 bits per heavy atom. The molecule has 9 rings (SSSR count). The standard InChI is InChI=1S/C34H18Br2N2S2/c35-17-9-11-21-19-5-1-3-7-23(19)31(25(21)13-17)33-37-27-15-30-28(16-29(27)39-33)38-34(40-30)32-24-8-4-2-6-20(24)22-12-10-18(36)14-26(22)32/h1-16,31-32H. The van der Waals surface area contributed by atoms with E-state index in [9.17, 15) is 0 Å². The Labute approximate surface area is 255 Å². The molecule has 0 bridgehead atoms. The first-order valence-electron chi connectivity index (χ1n) is 13.1. The molecule has 2 unspecified atom stereocenters. The van der Waals surface area contributed by atoms with Crippen molar-refractivity contribution in [1.29, 1.82) is 0 Å². The Morgan fingerprint density at radius 1 is 0.475 bits per heavy atom. The normalized spacial score (nSPS) is 16.8. The van der Waals surface area contributed by atoms with Gasteiger partial charge < -0.3 is 0 Å². The van der Waals surface area contributed by atoms with Crippen molar-refractivity contribution < 1.29 is 0 Å². The molecule has 0 saturated heterocycles. The van der Waals surface area contributed by atoms with Gasteiger partial charge in [0.1, 0.15) is 10.0 Å². The van der Waals surface area contributed by atoms with Crippen LogP contribution >= 0.6 is 54.5 Å². The van der Waals surface area contributed by atoms with E-state index < -0.39 is 0 Å². The molecule has 0 spiro atoms. The predicted octanol–water partition coefficient (Wildman–Crippen LogP) is 10.8. The molecule has 0 radical (unpaired) electrons. The van der Waals surface area contributed by atoms with Crippen LogP contribution in [-0.2, 0) is 0 Å². The molecule has 0 fully saturated rings. The number of thiazole rings is 2. The van der Waals surface area contributed by atoms with Gasteiger partial charge in [-0.2, -0.15) is 0 Å². The fourth-order valence-electron chi connectivity index (χ4n) is 6.52. The third kappa shape index (κ3) is 3.37. The van der Waals surface area contributed by atoms with Crippen molar-refractivity contribution in [1.82, 2.24) is 9.97 Å². The summed E-state index contributed by atoms with van der Waals surface area (Å²) in [6.45, 7) is 0. The largest absolute Gasteiger partial charge is 0.240 e. The predicted molar refractivity (Wildman–Crippen MR) is 174 cm³/mol. The first-order valence-corrected chi connectivity index (χ1v) is 16.3. The summed E-state index contributed by atoms with van der Waals surface area (Å²) in [5.41, 5.74) is 12.7. The lowest BCUT2D eigenvalue weighted by molar-refractivity contribution is 0.995. The highest BCUT2D eigenvalue weighted by atomic mass is 79.9. The third-order valence-electron chi connectivity index (χ3n) is 8.20. The van der Waals surface area contributed by atoms with Gasteiger partial charge in [0.25, 0.3) is 0 Å². The van der Waals surface area contributed by atoms with Gasteiger partial charge in [0.05, 0.1) is 32.3 Å². The van der Waals surface area contributed by atoms with Crippen molar-refractivity contribution >= 4 is 75.0 Å². The molecule has 0 amide bonds. The van der Waals surface area contributed by atoms with Crippen LogP contribution < -0.4 is 0 Å². The molecule has 2 atom stereocenters. The third-order valence-corrected chi connectivity index (χ3v) is 11.4. The van der Waals surface area contributed by atoms with Crippen molar-refractivity contribution in [3.63, 3.8) is 0 Å². The summed E-state index contributed by atoms with van der Waals surface area (Å²) in [6.07, 6.45) is 0. The van der Waals surface area contributed by atoms with Crippen molar-refractivity contribution in [3.05, 3.63) is 138 Å². The molecule has 2 heterocycles. The maximum absolute atomic E-state index is 5.24. The fourth-order valence-corrected chi connectivity index (χ4v) is 9.52. The van der Waals surface area contributed by atoms with Crippen molar-refractivity contribution in [3.8, 4) is 22.3 Å². The van der Waals surface area contributed by atoms with Gasteiger partial charge in [0, 0.05) is 8.95 Å². The molecule has 40 heavy (non-hydrogen) atoms. The first kappa shape index (κ1) is 23.5. The number of halogens is 2. The number of hydrogen-bond donors (Lipinski definition) is 0. The van der Waals surface area contributed by atoms with E-state index in [1.807, 2.05) is 0 Å². The molecule has 6 heteroatoms. The summed E-state index contributed by atoms with van der Waals surface area (Å²) >= 11 is 11.0. The van der Waals surface area contributed by atoms with Crippen molar-refractivity contribution in [2.24, 2.45) is 0 Å². The molecule has 2 nitrogen and oxygen atoms in total. The molecule has 190 valence electrons. The summed E-state index contributed by atoms with van der Waals surface area (Å²) in [5, 5.41) is 2.28. The SMILES string of the molecule is Brc1ccc2c(c1)C(c1nc3cc4sc(C5c6ccccc6-c6ccc(Br)cc65)nc4cc3s1)c1ccccc1-2. The summed E-state index contributed by atoms with van der Waals surface area (Å²) in [6, 6.07) is 35.2. The Hall–Kier alpha value is -3.16. The van der Waals surface area contributed by atoms with Gasteiger partial charge in [-0.1, -0.05) is 92.5 Å². The van der Waals surface area contributed by atoms with Crippen LogP contribution in [0.4, 0.5) is 0 Å². The molecular formula is C34H18Br2N2S2. The lowest BCUT2D eigenvalue weighted by Gasteiger charge is -2.10. The van der Waals surface area contributed by atoms with E-state index in [0.717, 1.165) is 30.0 Å². The van der Waals surface area contributed by atoms with Gasteiger partial charge in [-0.25, -0.2) is 9.97 Å². The highest BCUT2D eigenvalue weighted by molar-refractivity contribution is 9.10. The number of hydrogen-bond acceptors (Lipinski definition) is 4. The van der Waals surface area contributed by atoms with E-state index in [1.54, 1.807) is 22.7 Å². The van der Waals surface area contributed by atoms with Crippen LogP contribution in [-0.4, -0.2) is 9.97 Å². The monoisotopic (exact) mass is 676 g/mol. The molecular weight excluding hydrogens is 660 g/mol. The van der Waals surface area contributed by atoms with Gasteiger partial charge in [-0.3, -0.25) is 0 Å². The topological polar surface area (TPSA) is 25.8 Å². The zero-order valence-corrected chi connectivity index (χ0v) is 25.7. The van der Waals surface area contributed by atoms with Crippen LogP contribution in [0.2, 0.25) is 0 Å². The average Bonchev–Trinajstić information content (AvgIpc) is 3.70. The fraction of sp³-hybridized carbons (Fsp3) is 0.0588. The van der Waals surface area contributed by atoms with E-state index in [-0.39, 0.29) is 11.8 Å². The number of rotatable bonds is 2. The number of fused-ring (bicyclic) bond motifs is 8. The highest BCUT2D eigenvalue weighted by Gasteiger charge is 2.34. The zero-order chi connectivity index (χ0) is 26.5. The molecule has 2 aliphatic rings. The molecule has 0 N–H and O–H groups in total. The molecule has 2 aliphatic carbocycles. The summed E-state index contributed by atoms with van der Waals surface area (Å²) < 4.78 is 4.58. The lowest BCUT2D eigenvalue weighted by Crippen LogP contribution is -1.98. The van der Waals surface area contributed by atoms with Crippen molar-refractivity contribution in [2.75, 3.05) is 0 Å². The van der Waals surface area contributed by atoms with E-state index in [2.05, 4.69) is 129 Å². The van der Waals surface area contributed by atoms with Crippen LogP contribution in [0.3, 0.4) is 0 Å². The van der Waals surface area contributed by atoms with Crippen LogP contribution in [0.15, 0.2) is 106 Å². The first-order chi connectivity index (χ1) is 19.6. The average molecular weight is 678 g/mol. The van der Waals surface area contributed by atoms with Crippen LogP contribution in [0.5, 0.6) is 0 Å². The second-order valence-electron chi connectivity index (χ2n) is 10.4. The summed E-state index contributed by atoms with van der Waals surface area (Å²) in [4.78, 5) is 10.5. The minimum Gasteiger partial charge on any atom is -0.240 e. The Balaban J connectivity index is 1.18. The second kappa shape index (κ2) is 8.67. The van der Waals surface area contributed by atoms with E-state index >= 15 is 0 Å². The van der Waals surface area contributed by atoms with Crippen molar-refractivity contribution in [2.45, 2.75) is 11.8 Å². The maximum Gasteiger partial charge on any atom is 0.106 e. The van der Waals surface area contributed by atoms with E-state index in [1.165, 1.54) is 53.9 Å². The van der Waals surface area contributed by atoms with Gasteiger partial charge in [-0.15, -0.1) is 22.7 Å². The molecule has 5 aromatic carbocycles. The second-order valence-corrected chi connectivity index (χ2v) is 14.4. The molecule has 2 aromatic heterocycles. The number of aromatic nitrogens is 2. The number of nitrogens with zero attached hydrogens (tertiary/aromatic N) is 2. The molecule has 0 saturated carbocycles. The lowest BCUT2D eigenvalue weighted by atomic mass is 9.98. The van der Waals surface area contributed by atoms with Gasteiger partial charge in [0.15, 0.2) is 0 Å². The quantitative estimate of drug-likeness (QED) is 0.182. The minimum absolute atomic E-state index is 0.146. The molecule has 7 aromatic rings. The van der Waals surface area contributed by atoms with Crippen LogP contribution in [0, 0.1) is 0 Å². The summed E-state index contributed by atoms with van der Waals surface area (Å²) in [7, 11) is 0. The Morgan fingerprint density at radius 3 is 1.38 bits per heavy atom. The van der Waals surface area contributed by atoms with E-state index in [4.69, 9.17) is 9.97 Å².